The highest BCUT2D eigenvalue weighted by atomic mass is 32.1. The van der Waals surface area contributed by atoms with E-state index in [0.29, 0.717) is 23.2 Å². The monoisotopic (exact) mass is 358 g/mol. The van der Waals surface area contributed by atoms with E-state index in [9.17, 15) is 4.79 Å². The number of nitrogens with two attached hydrogens (primary N) is 2. The molecule has 25 heavy (non-hydrogen) atoms. The lowest BCUT2D eigenvalue weighted by Crippen LogP contribution is -2.44. The minimum absolute atomic E-state index is 0.137. The first kappa shape index (κ1) is 17.9. The van der Waals surface area contributed by atoms with Crippen molar-refractivity contribution < 1.29 is 4.79 Å². The quantitative estimate of drug-likeness (QED) is 0.609. The molecular weight excluding hydrogens is 332 g/mol. The lowest BCUT2D eigenvalue weighted by atomic mass is 10.0. The first-order valence-electron chi connectivity index (χ1n) is 8.96. The van der Waals surface area contributed by atoms with Crippen LogP contribution in [0.15, 0.2) is 18.7 Å². The summed E-state index contributed by atoms with van der Waals surface area (Å²) < 4.78 is 0. The molecule has 1 aliphatic heterocycles. The van der Waals surface area contributed by atoms with Crippen LogP contribution >= 0.6 is 11.3 Å². The van der Waals surface area contributed by atoms with Crippen LogP contribution in [0.25, 0.3) is 10.2 Å². The Bertz CT molecular complexity index is 798. The van der Waals surface area contributed by atoms with E-state index < -0.39 is 0 Å². The summed E-state index contributed by atoms with van der Waals surface area (Å²) in [5.74, 6) is 0.826. The average Bonchev–Trinajstić information content (AvgIpc) is 2.98. The molecular formula is C19H26N4OS. The highest BCUT2D eigenvalue weighted by molar-refractivity contribution is 7.21. The molecule has 0 radical (unpaired) electrons. The Morgan fingerprint density at radius 2 is 2.32 bits per heavy atom. The summed E-state index contributed by atoms with van der Waals surface area (Å²) in [5, 5.41) is 0.933. The number of piperidine rings is 1. The summed E-state index contributed by atoms with van der Waals surface area (Å²) in [4.78, 5) is 20.7. The topological polar surface area (TPSA) is 85.2 Å². The third-order valence-electron chi connectivity index (χ3n) is 4.89. The van der Waals surface area contributed by atoms with Gasteiger partial charge in [-0.3, -0.25) is 4.79 Å². The van der Waals surface area contributed by atoms with Crippen LogP contribution in [0.4, 0.5) is 11.5 Å². The SMILES string of the molecule is C=CC(=O)c1sc2nc(N3CCCCC3CN)cc(CCC)c2c1N. The molecule has 0 saturated carbocycles. The summed E-state index contributed by atoms with van der Waals surface area (Å²) >= 11 is 1.37. The maximum absolute atomic E-state index is 12.1. The Balaban J connectivity index is 2.15. The smallest absolute Gasteiger partial charge is 0.197 e. The fraction of sp³-hybridized carbons (Fsp3) is 0.474. The number of carbonyl (C=O) groups excluding carboxylic acids is 1. The minimum Gasteiger partial charge on any atom is -0.397 e. The van der Waals surface area contributed by atoms with Crippen molar-refractivity contribution in [2.24, 2.45) is 5.73 Å². The van der Waals surface area contributed by atoms with E-state index in [1.807, 2.05) is 0 Å². The van der Waals surface area contributed by atoms with Gasteiger partial charge in [-0.25, -0.2) is 4.98 Å². The van der Waals surface area contributed by atoms with Crippen molar-refractivity contribution in [2.75, 3.05) is 23.7 Å². The fourth-order valence-corrected chi connectivity index (χ4v) is 4.69. The average molecular weight is 359 g/mol. The number of nitrogen functional groups attached to an aromatic ring is 1. The van der Waals surface area contributed by atoms with E-state index in [2.05, 4.69) is 24.5 Å². The Hall–Kier alpha value is -1.92. The molecule has 2 aromatic rings. The van der Waals surface area contributed by atoms with Gasteiger partial charge in [-0.1, -0.05) is 19.9 Å². The Morgan fingerprint density at radius 3 is 3.00 bits per heavy atom. The molecule has 1 unspecified atom stereocenters. The summed E-state index contributed by atoms with van der Waals surface area (Å²) in [5.41, 5.74) is 14.0. The number of hydrogen-bond donors (Lipinski definition) is 2. The number of fused-ring (bicyclic) bond motifs is 1. The summed E-state index contributed by atoms with van der Waals surface area (Å²) in [6.07, 6.45) is 6.72. The number of aromatic nitrogens is 1. The Kier molecular flexibility index (Phi) is 5.39. The molecule has 0 amide bonds. The molecule has 0 aromatic carbocycles. The number of carbonyl (C=O) groups is 1. The molecule has 2 aromatic heterocycles. The zero-order chi connectivity index (χ0) is 18.0. The molecule has 0 aliphatic carbocycles. The lowest BCUT2D eigenvalue weighted by molar-refractivity contribution is 0.105. The number of anilines is 2. The molecule has 5 nitrogen and oxygen atoms in total. The zero-order valence-corrected chi connectivity index (χ0v) is 15.6. The maximum Gasteiger partial charge on any atom is 0.197 e. The molecule has 3 rings (SSSR count). The fourth-order valence-electron chi connectivity index (χ4n) is 3.62. The van der Waals surface area contributed by atoms with Crippen LogP contribution in [0.2, 0.25) is 0 Å². The van der Waals surface area contributed by atoms with Gasteiger partial charge < -0.3 is 16.4 Å². The van der Waals surface area contributed by atoms with Crippen LogP contribution in [-0.2, 0) is 6.42 Å². The number of hydrogen-bond acceptors (Lipinski definition) is 6. The van der Waals surface area contributed by atoms with Crippen molar-refractivity contribution >= 4 is 38.8 Å². The predicted molar refractivity (Wildman–Crippen MR) is 107 cm³/mol. The van der Waals surface area contributed by atoms with Crippen molar-refractivity contribution in [1.29, 1.82) is 0 Å². The normalized spacial score (nSPS) is 17.8. The number of thiophene rings is 1. The lowest BCUT2D eigenvalue weighted by Gasteiger charge is -2.36. The first-order chi connectivity index (χ1) is 12.1. The van der Waals surface area contributed by atoms with Crippen LogP contribution in [0.1, 0.15) is 47.8 Å². The molecule has 1 atom stereocenters. The second-order valence-electron chi connectivity index (χ2n) is 6.56. The van der Waals surface area contributed by atoms with Gasteiger partial charge in [0.25, 0.3) is 0 Å². The van der Waals surface area contributed by atoms with Gasteiger partial charge in [0, 0.05) is 24.5 Å². The van der Waals surface area contributed by atoms with Crippen LogP contribution in [0, 0.1) is 0 Å². The van der Waals surface area contributed by atoms with Crippen LogP contribution in [0.3, 0.4) is 0 Å². The number of nitrogens with zero attached hydrogens (tertiary/aromatic N) is 2. The number of pyridine rings is 1. The molecule has 4 N–H and O–H groups in total. The maximum atomic E-state index is 12.1. The molecule has 1 saturated heterocycles. The number of aryl methyl sites for hydroxylation is 1. The first-order valence-corrected chi connectivity index (χ1v) is 9.77. The standard InChI is InChI=1S/C19H26N4OS/c1-3-7-12-10-15(23-9-6-5-8-13(23)11-20)22-19-16(12)17(21)18(25-19)14(24)4-2/h4,10,13H,2-3,5-9,11,20-21H2,1H3. The van der Waals surface area contributed by atoms with Gasteiger partial charge in [-0.2, -0.15) is 0 Å². The van der Waals surface area contributed by atoms with E-state index in [1.165, 1.54) is 29.4 Å². The van der Waals surface area contributed by atoms with Gasteiger partial charge in [0.2, 0.25) is 0 Å². The van der Waals surface area contributed by atoms with E-state index in [4.69, 9.17) is 16.5 Å². The van der Waals surface area contributed by atoms with Gasteiger partial charge in [-0.15, -0.1) is 11.3 Å². The van der Waals surface area contributed by atoms with E-state index >= 15 is 0 Å². The molecule has 1 aliphatic rings. The summed E-state index contributed by atoms with van der Waals surface area (Å²) in [6.45, 7) is 7.34. The Labute approximate surface area is 152 Å². The summed E-state index contributed by atoms with van der Waals surface area (Å²) in [7, 11) is 0. The Morgan fingerprint density at radius 1 is 1.52 bits per heavy atom. The van der Waals surface area contributed by atoms with Crippen molar-refractivity contribution in [3.8, 4) is 0 Å². The molecule has 6 heteroatoms. The third kappa shape index (κ3) is 3.28. The second kappa shape index (κ2) is 7.54. The number of allylic oxidation sites excluding steroid dienone is 1. The van der Waals surface area contributed by atoms with E-state index in [0.717, 1.165) is 48.3 Å². The summed E-state index contributed by atoms with van der Waals surface area (Å²) in [6, 6.07) is 2.48. The van der Waals surface area contributed by atoms with Gasteiger partial charge in [0.15, 0.2) is 5.78 Å². The molecule has 0 bridgehead atoms. The molecule has 134 valence electrons. The van der Waals surface area contributed by atoms with Crippen molar-refractivity contribution in [1.82, 2.24) is 4.98 Å². The largest absolute Gasteiger partial charge is 0.397 e. The minimum atomic E-state index is -0.137. The number of rotatable bonds is 6. The molecule has 1 fully saturated rings. The van der Waals surface area contributed by atoms with Gasteiger partial charge in [-0.05, 0) is 43.4 Å². The van der Waals surface area contributed by atoms with E-state index in [-0.39, 0.29) is 5.78 Å². The van der Waals surface area contributed by atoms with Gasteiger partial charge >= 0.3 is 0 Å². The zero-order valence-electron chi connectivity index (χ0n) is 14.8. The highest BCUT2D eigenvalue weighted by Gasteiger charge is 2.25. The van der Waals surface area contributed by atoms with Crippen LogP contribution in [0.5, 0.6) is 0 Å². The highest BCUT2D eigenvalue weighted by Crippen LogP contribution is 2.38. The predicted octanol–water partition coefficient (Wildman–Crippen LogP) is 3.52. The van der Waals surface area contributed by atoms with Gasteiger partial charge in [0.05, 0.1) is 5.69 Å². The molecule has 3 heterocycles. The van der Waals surface area contributed by atoms with E-state index in [1.54, 1.807) is 0 Å². The molecule has 0 spiro atoms. The number of ketones is 1. The van der Waals surface area contributed by atoms with Crippen molar-refractivity contribution in [3.63, 3.8) is 0 Å². The van der Waals surface area contributed by atoms with Gasteiger partial charge in [0.1, 0.15) is 15.5 Å². The third-order valence-corrected chi connectivity index (χ3v) is 6.00. The van der Waals surface area contributed by atoms with Crippen molar-refractivity contribution in [3.05, 3.63) is 29.2 Å². The van der Waals surface area contributed by atoms with Crippen LogP contribution < -0.4 is 16.4 Å². The van der Waals surface area contributed by atoms with Crippen molar-refractivity contribution in [2.45, 2.75) is 45.1 Å². The van der Waals surface area contributed by atoms with Crippen LogP contribution in [-0.4, -0.2) is 29.9 Å². The second-order valence-corrected chi connectivity index (χ2v) is 7.56.